The van der Waals surface area contributed by atoms with E-state index >= 15 is 0 Å². The van der Waals surface area contributed by atoms with Crippen molar-refractivity contribution in [1.82, 2.24) is 15.1 Å². The molecule has 19 heavy (non-hydrogen) atoms. The summed E-state index contributed by atoms with van der Waals surface area (Å²) < 4.78 is 0. The minimum atomic E-state index is 0.551. The van der Waals surface area contributed by atoms with E-state index in [0.717, 1.165) is 44.6 Å². The molecule has 0 bridgehead atoms. The molecule has 0 saturated carbocycles. The second-order valence-corrected chi connectivity index (χ2v) is 5.67. The Hall–Kier alpha value is -0.770. The van der Waals surface area contributed by atoms with E-state index in [1.165, 1.54) is 12.8 Å². The molecular weight excluding hydrogens is 236 g/mol. The molecule has 0 amide bonds. The van der Waals surface area contributed by atoms with Gasteiger partial charge in [0.1, 0.15) is 0 Å². The zero-order valence-electron chi connectivity index (χ0n) is 13.4. The van der Waals surface area contributed by atoms with Crippen molar-refractivity contribution in [2.24, 2.45) is 10.9 Å². The topological polar surface area (TPSA) is 30.9 Å². The molecule has 0 radical (unpaired) electrons. The van der Waals surface area contributed by atoms with Gasteiger partial charge in [0.15, 0.2) is 5.96 Å². The molecular formula is C15H32N4. The highest BCUT2D eigenvalue weighted by atomic mass is 15.3. The van der Waals surface area contributed by atoms with Crippen LogP contribution in [0, 0.1) is 5.92 Å². The van der Waals surface area contributed by atoms with Crippen LogP contribution in [0.5, 0.6) is 0 Å². The Balaban J connectivity index is 2.41. The quantitative estimate of drug-likeness (QED) is 0.611. The minimum absolute atomic E-state index is 0.551. The van der Waals surface area contributed by atoms with Gasteiger partial charge in [0, 0.05) is 32.7 Å². The van der Waals surface area contributed by atoms with Crippen LogP contribution in [0.3, 0.4) is 0 Å². The lowest BCUT2D eigenvalue weighted by atomic mass is 10.00. The third-order valence-corrected chi connectivity index (χ3v) is 4.29. The molecule has 0 aromatic rings. The maximum Gasteiger partial charge on any atom is 0.193 e. The minimum Gasteiger partial charge on any atom is -0.355 e. The Kier molecular flexibility index (Phi) is 7.21. The average molecular weight is 268 g/mol. The molecule has 1 N–H and O–H groups in total. The van der Waals surface area contributed by atoms with E-state index in [1.807, 2.05) is 7.05 Å². The van der Waals surface area contributed by atoms with Crippen LogP contribution in [-0.2, 0) is 0 Å². The van der Waals surface area contributed by atoms with Gasteiger partial charge in [-0.3, -0.25) is 9.89 Å². The van der Waals surface area contributed by atoms with Gasteiger partial charge in [0.05, 0.1) is 0 Å². The van der Waals surface area contributed by atoms with Crippen molar-refractivity contribution in [2.45, 2.75) is 46.6 Å². The number of hydrogen-bond donors (Lipinski definition) is 1. The second kappa shape index (κ2) is 8.41. The summed E-state index contributed by atoms with van der Waals surface area (Å²) in [7, 11) is 1.89. The SMILES string of the molecule is CCN(CC)C(C)CNC(=NC)N1CCC(C)CC1. The Bertz CT molecular complexity index is 265. The zero-order chi connectivity index (χ0) is 14.3. The van der Waals surface area contributed by atoms with E-state index < -0.39 is 0 Å². The van der Waals surface area contributed by atoms with Crippen LogP contribution in [0.4, 0.5) is 0 Å². The molecule has 0 aromatic carbocycles. The smallest absolute Gasteiger partial charge is 0.193 e. The van der Waals surface area contributed by atoms with Crippen LogP contribution in [-0.4, -0.2) is 61.6 Å². The predicted octanol–water partition coefficient (Wildman–Crippen LogP) is 2.02. The molecule has 0 aromatic heterocycles. The number of piperidine rings is 1. The molecule has 1 heterocycles. The van der Waals surface area contributed by atoms with Gasteiger partial charge in [-0.05, 0) is 38.8 Å². The normalized spacial score (nSPS) is 19.9. The fraction of sp³-hybridized carbons (Fsp3) is 0.933. The van der Waals surface area contributed by atoms with E-state index in [2.05, 4.69) is 47.8 Å². The molecule has 0 aliphatic carbocycles. The maximum atomic E-state index is 4.43. The van der Waals surface area contributed by atoms with Crippen LogP contribution in [0.2, 0.25) is 0 Å². The van der Waals surface area contributed by atoms with Gasteiger partial charge in [-0.25, -0.2) is 0 Å². The summed E-state index contributed by atoms with van der Waals surface area (Å²) >= 11 is 0. The molecule has 4 heteroatoms. The highest BCUT2D eigenvalue weighted by Gasteiger charge is 2.19. The molecule has 1 unspecified atom stereocenters. The molecule has 1 fully saturated rings. The zero-order valence-corrected chi connectivity index (χ0v) is 13.4. The molecule has 112 valence electrons. The first-order valence-corrected chi connectivity index (χ1v) is 7.81. The lowest BCUT2D eigenvalue weighted by Gasteiger charge is -2.34. The second-order valence-electron chi connectivity index (χ2n) is 5.67. The maximum absolute atomic E-state index is 4.43. The summed E-state index contributed by atoms with van der Waals surface area (Å²) in [6, 6.07) is 0.551. The molecule has 1 atom stereocenters. The van der Waals surface area contributed by atoms with Gasteiger partial charge >= 0.3 is 0 Å². The van der Waals surface area contributed by atoms with Gasteiger partial charge < -0.3 is 10.2 Å². The van der Waals surface area contributed by atoms with Gasteiger partial charge in [-0.15, -0.1) is 0 Å². The molecule has 0 spiro atoms. The van der Waals surface area contributed by atoms with E-state index in [0.29, 0.717) is 6.04 Å². The van der Waals surface area contributed by atoms with Crippen LogP contribution >= 0.6 is 0 Å². The molecule has 4 nitrogen and oxygen atoms in total. The third kappa shape index (κ3) is 5.01. The van der Waals surface area contributed by atoms with Crippen molar-refractivity contribution < 1.29 is 0 Å². The highest BCUT2D eigenvalue weighted by molar-refractivity contribution is 5.80. The van der Waals surface area contributed by atoms with Crippen LogP contribution in [0.25, 0.3) is 0 Å². The predicted molar refractivity (Wildman–Crippen MR) is 83.7 cm³/mol. The fourth-order valence-electron chi connectivity index (χ4n) is 2.77. The van der Waals surface area contributed by atoms with E-state index in [9.17, 15) is 0 Å². The summed E-state index contributed by atoms with van der Waals surface area (Å²) in [5.41, 5.74) is 0. The number of aliphatic imine (C=N–C) groups is 1. The van der Waals surface area contributed by atoms with Crippen molar-refractivity contribution in [3.8, 4) is 0 Å². The van der Waals surface area contributed by atoms with E-state index in [1.54, 1.807) is 0 Å². The summed E-state index contributed by atoms with van der Waals surface area (Å²) in [4.78, 5) is 9.30. The monoisotopic (exact) mass is 268 g/mol. The summed E-state index contributed by atoms with van der Waals surface area (Å²) in [6.45, 7) is 14.5. The number of likely N-dealkylation sites (tertiary alicyclic amines) is 1. The van der Waals surface area contributed by atoms with E-state index in [-0.39, 0.29) is 0 Å². The first-order chi connectivity index (χ1) is 9.12. The number of guanidine groups is 1. The lowest BCUT2D eigenvalue weighted by molar-refractivity contribution is 0.226. The summed E-state index contributed by atoms with van der Waals surface area (Å²) in [6.07, 6.45) is 2.57. The average Bonchev–Trinajstić information content (AvgIpc) is 2.42. The van der Waals surface area contributed by atoms with Crippen LogP contribution in [0.15, 0.2) is 4.99 Å². The summed E-state index contributed by atoms with van der Waals surface area (Å²) in [5.74, 6) is 1.94. The van der Waals surface area contributed by atoms with Gasteiger partial charge in [-0.2, -0.15) is 0 Å². The number of nitrogens with one attached hydrogen (secondary N) is 1. The molecule has 1 rings (SSSR count). The number of likely N-dealkylation sites (N-methyl/N-ethyl adjacent to an activating group) is 1. The van der Waals surface area contributed by atoms with Crippen molar-refractivity contribution in [1.29, 1.82) is 0 Å². The van der Waals surface area contributed by atoms with Crippen molar-refractivity contribution >= 4 is 5.96 Å². The highest BCUT2D eigenvalue weighted by Crippen LogP contribution is 2.15. The Morgan fingerprint density at radius 3 is 2.37 bits per heavy atom. The molecule has 1 aliphatic heterocycles. The van der Waals surface area contributed by atoms with Crippen molar-refractivity contribution in [3.63, 3.8) is 0 Å². The molecule has 1 saturated heterocycles. The van der Waals surface area contributed by atoms with Gasteiger partial charge in [0.25, 0.3) is 0 Å². The number of rotatable bonds is 5. The third-order valence-electron chi connectivity index (χ3n) is 4.29. The number of hydrogen-bond acceptors (Lipinski definition) is 2. The van der Waals surface area contributed by atoms with E-state index in [4.69, 9.17) is 0 Å². The Labute approximate surface area is 119 Å². The van der Waals surface area contributed by atoms with Crippen molar-refractivity contribution in [2.75, 3.05) is 39.8 Å². The van der Waals surface area contributed by atoms with Gasteiger partial charge in [-0.1, -0.05) is 20.8 Å². The van der Waals surface area contributed by atoms with Crippen LogP contribution in [0.1, 0.15) is 40.5 Å². The van der Waals surface area contributed by atoms with Gasteiger partial charge in [0.2, 0.25) is 0 Å². The first kappa shape index (κ1) is 16.3. The Morgan fingerprint density at radius 2 is 1.89 bits per heavy atom. The lowest BCUT2D eigenvalue weighted by Crippen LogP contribution is -2.49. The fourth-order valence-corrected chi connectivity index (χ4v) is 2.77. The standard InChI is InChI=1S/C15H32N4/c1-6-18(7-2)14(4)12-17-15(16-5)19-10-8-13(3)9-11-19/h13-14H,6-12H2,1-5H3,(H,16,17). The summed E-state index contributed by atoms with van der Waals surface area (Å²) in [5, 5.41) is 3.54. The van der Waals surface area contributed by atoms with Crippen LogP contribution < -0.4 is 5.32 Å². The van der Waals surface area contributed by atoms with Crippen molar-refractivity contribution in [3.05, 3.63) is 0 Å². The first-order valence-electron chi connectivity index (χ1n) is 7.81. The Morgan fingerprint density at radius 1 is 1.32 bits per heavy atom. The molecule has 1 aliphatic rings. The largest absolute Gasteiger partial charge is 0.355 e. The number of nitrogens with zero attached hydrogens (tertiary/aromatic N) is 3.